The summed E-state index contributed by atoms with van der Waals surface area (Å²) in [6, 6.07) is 0.244. The highest BCUT2D eigenvalue weighted by Gasteiger charge is 2.25. The van der Waals surface area contributed by atoms with Gasteiger partial charge in [-0.25, -0.2) is 4.79 Å². The number of rotatable bonds is 0. The van der Waals surface area contributed by atoms with Crippen molar-refractivity contribution in [2.24, 2.45) is 5.73 Å². The maximum absolute atomic E-state index is 11.6. The smallest absolute Gasteiger partial charge is 0.410 e. The molecular weight excluding hydrogens is 284 g/mol. The molecule has 2 aliphatic rings. The molecule has 2 heterocycles. The number of carbonyl (C=O) groups excluding carboxylic acids is 1. The zero-order chi connectivity index (χ0) is 17.0. The van der Waals surface area contributed by atoms with Crippen LogP contribution in [0.4, 0.5) is 4.79 Å². The van der Waals surface area contributed by atoms with E-state index in [9.17, 15) is 4.79 Å². The second kappa shape index (κ2) is 11.7. The second-order valence-corrected chi connectivity index (χ2v) is 6.48. The summed E-state index contributed by atoms with van der Waals surface area (Å²) in [5.74, 6) is 0. The van der Waals surface area contributed by atoms with Gasteiger partial charge in [0, 0.05) is 39.5 Å². The van der Waals surface area contributed by atoms with E-state index >= 15 is 0 Å². The number of hydrogen-bond acceptors (Lipinski definition) is 5. The number of likely N-dealkylation sites (tertiary alicyclic amines) is 1. The lowest BCUT2D eigenvalue weighted by atomic mass is 10.1. The van der Waals surface area contributed by atoms with Gasteiger partial charge < -0.3 is 25.2 Å². The van der Waals surface area contributed by atoms with Crippen molar-refractivity contribution in [1.29, 1.82) is 0 Å². The van der Waals surface area contributed by atoms with Gasteiger partial charge in [-0.1, -0.05) is 0 Å². The van der Waals surface area contributed by atoms with E-state index in [4.69, 9.17) is 20.3 Å². The van der Waals surface area contributed by atoms with Crippen molar-refractivity contribution < 1.29 is 19.4 Å². The van der Waals surface area contributed by atoms with Crippen molar-refractivity contribution >= 4 is 6.09 Å². The van der Waals surface area contributed by atoms with Crippen LogP contribution >= 0.6 is 0 Å². The summed E-state index contributed by atoms with van der Waals surface area (Å²) in [5, 5.41) is 7.00. The average molecular weight is 318 g/mol. The van der Waals surface area contributed by atoms with Crippen LogP contribution in [0.1, 0.15) is 52.9 Å². The number of aliphatic hydroxyl groups excluding tert-OH is 1. The molecular formula is C16H34N2O4. The Morgan fingerprint density at radius 1 is 1.14 bits per heavy atom. The van der Waals surface area contributed by atoms with Crippen LogP contribution in [0.25, 0.3) is 0 Å². The number of hydrogen-bond donors (Lipinski definition) is 2. The number of amides is 1. The summed E-state index contributed by atoms with van der Waals surface area (Å²) < 4.78 is 10.3. The van der Waals surface area contributed by atoms with Crippen LogP contribution in [0.3, 0.4) is 0 Å². The Hall–Kier alpha value is -0.850. The quantitative estimate of drug-likeness (QED) is 0.715. The van der Waals surface area contributed by atoms with E-state index in [1.54, 1.807) is 4.90 Å². The fourth-order valence-electron chi connectivity index (χ4n) is 2.10. The van der Waals surface area contributed by atoms with Crippen LogP contribution in [0.5, 0.6) is 0 Å². The maximum Gasteiger partial charge on any atom is 0.410 e. The third-order valence-corrected chi connectivity index (χ3v) is 3.27. The molecule has 0 radical (unpaired) electrons. The fourth-order valence-corrected chi connectivity index (χ4v) is 2.10. The third kappa shape index (κ3) is 10.8. The van der Waals surface area contributed by atoms with Crippen LogP contribution < -0.4 is 5.73 Å². The molecule has 0 saturated carbocycles. The first-order valence-corrected chi connectivity index (χ1v) is 8.14. The van der Waals surface area contributed by atoms with Gasteiger partial charge in [0.1, 0.15) is 5.60 Å². The number of nitrogens with two attached hydrogens (primary N) is 1. The second-order valence-electron chi connectivity index (χ2n) is 6.48. The summed E-state index contributed by atoms with van der Waals surface area (Å²) in [6.45, 7) is 9.06. The van der Waals surface area contributed by atoms with E-state index < -0.39 is 5.60 Å². The van der Waals surface area contributed by atoms with Gasteiger partial charge in [0.15, 0.2) is 0 Å². The first kappa shape index (κ1) is 21.1. The Bertz CT molecular complexity index is 269. The first-order valence-electron chi connectivity index (χ1n) is 8.14. The van der Waals surface area contributed by atoms with Crippen LogP contribution in [0, 0.1) is 0 Å². The van der Waals surface area contributed by atoms with Crippen molar-refractivity contribution in [1.82, 2.24) is 4.90 Å². The highest BCUT2D eigenvalue weighted by molar-refractivity contribution is 5.68. The highest BCUT2D eigenvalue weighted by atomic mass is 16.6. The van der Waals surface area contributed by atoms with Gasteiger partial charge in [0.25, 0.3) is 0 Å². The number of aliphatic hydroxyl groups is 1. The van der Waals surface area contributed by atoms with Gasteiger partial charge in [-0.3, -0.25) is 0 Å². The molecule has 1 amide bonds. The average Bonchev–Trinajstić information content (AvgIpc) is 2.50. The van der Waals surface area contributed by atoms with Crippen molar-refractivity contribution in [3.8, 4) is 0 Å². The monoisotopic (exact) mass is 318 g/mol. The lowest BCUT2D eigenvalue weighted by Gasteiger charge is -2.32. The Morgan fingerprint density at radius 3 is 1.95 bits per heavy atom. The number of piperidine rings is 1. The van der Waals surface area contributed by atoms with Crippen LogP contribution in [0.2, 0.25) is 0 Å². The fraction of sp³-hybridized carbons (Fsp3) is 0.938. The SMILES string of the molecule is C1CCOCC1.CC(C)(C)OC(=O)N1CCC(N)CC1.CO. The molecule has 2 saturated heterocycles. The minimum atomic E-state index is -0.406. The predicted octanol–water partition coefficient (Wildman–Crippen LogP) is 2.14. The molecule has 6 heteroatoms. The number of ether oxygens (including phenoxy) is 2. The van der Waals surface area contributed by atoms with Gasteiger partial charge in [-0.2, -0.15) is 0 Å². The Balaban J connectivity index is 0.000000457. The summed E-state index contributed by atoms with van der Waals surface area (Å²) in [6.07, 6.45) is 5.46. The molecule has 0 aliphatic carbocycles. The van der Waals surface area contributed by atoms with E-state index in [0.29, 0.717) is 0 Å². The van der Waals surface area contributed by atoms with Gasteiger partial charge in [-0.15, -0.1) is 0 Å². The van der Waals surface area contributed by atoms with E-state index in [-0.39, 0.29) is 12.1 Å². The minimum absolute atomic E-state index is 0.218. The molecule has 2 aliphatic heterocycles. The first-order chi connectivity index (χ1) is 10.4. The normalized spacial score (nSPS) is 19.3. The van der Waals surface area contributed by atoms with E-state index in [1.165, 1.54) is 19.3 Å². The molecule has 2 fully saturated rings. The molecule has 0 aromatic carbocycles. The maximum atomic E-state index is 11.6. The van der Waals surface area contributed by atoms with Gasteiger partial charge in [0.2, 0.25) is 0 Å². The summed E-state index contributed by atoms with van der Waals surface area (Å²) in [7, 11) is 1.00. The Labute approximate surface area is 134 Å². The molecule has 6 nitrogen and oxygen atoms in total. The molecule has 0 spiro atoms. The molecule has 132 valence electrons. The van der Waals surface area contributed by atoms with Crippen molar-refractivity contribution in [3.05, 3.63) is 0 Å². The predicted molar refractivity (Wildman–Crippen MR) is 87.8 cm³/mol. The Morgan fingerprint density at radius 2 is 1.64 bits per heavy atom. The van der Waals surface area contributed by atoms with Gasteiger partial charge in [-0.05, 0) is 52.9 Å². The molecule has 0 atom stereocenters. The molecule has 3 N–H and O–H groups in total. The van der Waals surface area contributed by atoms with Crippen molar-refractivity contribution in [2.45, 2.75) is 64.5 Å². The van der Waals surface area contributed by atoms with Crippen LogP contribution in [0.15, 0.2) is 0 Å². The summed E-state index contributed by atoms with van der Waals surface area (Å²) in [5.41, 5.74) is 5.34. The van der Waals surface area contributed by atoms with Crippen LogP contribution in [-0.2, 0) is 9.47 Å². The van der Waals surface area contributed by atoms with Crippen molar-refractivity contribution in [3.63, 3.8) is 0 Å². The van der Waals surface area contributed by atoms with Crippen molar-refractivity contribution in [2.75, 3.05) is 33.4 Å². The zero-order valence-corrected chi connectivity index (χ0v) is 14.6. The molecule has 0 bridgehead atoms. The zero-order valence-electron chi connectivity index (χ0n) is 14.6. The van der Waals surface area contributed by atoms with Gasteiger partial charge in [0.05, 0.1) is 0 Å². The number of carbonyl (C=O) groups is 1. The highest BCUT2D eigenvalue weighted by Crippen LogP contribution is 2.14. The largest absolute Gasteiger partial charge is 0.444 e. The van der Waals surface area contributed by atoms with Crippen LogP contribution in [-0.4, -0.2) is 61.2 Å². The summed E-state index contributed by atoms with van der Waals surface area (Å²) >= 11 is 0. The summed E-state index contributed by atoms with van der Waals surface area (Å²) in [4.78, 5) is 13.3. The lowest BCUT2D eigenvalue weighted by molar-refractivity contribution is 0.0207. The minimum Gasteiger partial charge on any atom is -0.444 e. The van der Waals surface area contributed by atoms with E-state index in [2.05, 4.69) is 0 Å². The Kier molecular flexibility index (Phi) is 11.2. The molecule has 0 aromatic rings. The molecule has 2 rings (SSSR count). The lowest BCUT2D eigenvalue weighted by Crippen LogP contribution is -2.44. The molecule has 0 unspecified atom stereocenters. The third-order valence-electron chi connectivity index (χ3n) is 3.27. The van der Waals surface area contributed by atoms with E-state index in [1.807, 2.05) is 20.8 Å². The standard InChI is InChI=1S/C10H20N2O2.C5H10O.CH4O/c1-10(2,3)14-9(13)12-6-4-8(11)5-7-12;1-2-4-6-5-3-1;1-2/h8H,4-7,11H2,1-3H3;1-5H2;2H,1H3. The van der Waals surface area contributed by atoms with E-state index in [0.717, 1.165) is 46.3 Å². The topological polar surface area (TPSA) is 85.0 Å². The van der Waals surface area contributed by atoms with Gasteiger partial charge >= 0.3 is 6.09 Å². The molecule has 0 aromatic heterocycles. The molecule has 22 heavy (non-hydrogen) atoms. The number of nitrogens with zero attached hydrogens (tertiary/aromatic N) is 1.